The lowest BCUT2D eigenvalue weighted by Crippen LogP contribution is -2.36. The normalized spacial score (nSPS) is 17.8. The summed E-state index contributed by atoms with van der Waals surface area (Å²) in [5, 5.41) is 3.50. The van der Waals surface area contributed by atoms with Crippen LogP contribution >= 0.6 is 0 Å². The van der Waals surface area contributed by atoms with E-state index in [2.05, 4.69) is 49.2 Å². The average molecular weight is 218 g/mol. The summed E-state index contributed by atoms with van der Waals surface area (Å²) in [5.74, 6) is 0. The lowest BCUT2D eigenvalue weighted by Gasteiger charge is -2.30. The molecule has 0 amide bonds. The second-order valence-corrected chi connectivity index (χ2v) is 4.76. The van der Waals surface area contributed by atoms with Gasteiger partial charge in [0.1, 0.15) is 0 Å². The van der Waals surface area contributed by atoms with Gasteiger partial charge < -0.3 is 10.2 Å². The number of benzene rings is 1. The largest absolute Gasteiger partial charge is 0.367 e. The minimum absolute atomic E-state index is 0.626. The Morgan fingerprint density at radius 1 is 1.44 bits per heavy atom. The van der Waals surface area contributed by atoms with Gasteiger partial charge in [0.15, 0.2) is 0 Å². The molecule has 1 aliphatic heterocycles. The molecule has 0 radical (unpaired) electrons. The molecule has 2 rings (SSSR count). The highest BCUT2D eigenvalue weighted by Gasteiger charge is 2.18. The zero-order valence-corrected chi connectivity index (χ0v) is 10.6. The Balaban J connectivity index is 2.36. The molecule has 1 N–H and O–H groups in total. The molecular formula is C14H22N2. The van der Waals surface area contributed by atoms with E-state index in [-0.39, 0.29) is 0 Å². The summed E-state index contributed by atoms with van der Waals surface area (Å²) in [7, 11) is 0. The van der Waals surface area contributed by atoms with Gasteiger partial charge in [0.2, 0.25) is 0 Å². The molecule has 0 saturated carbocycles. The molecule has 0 aromatic heterocycles. The van der Waals surface area contributed by atoms with E-state index >= 15 is 0 Å². The topological polar surface area (TPSA) is 15.3 Å². The van der Waals surface area contributed by atoms with E-state index in [0.29, 0.717) is 6.04 Å². The molecule has 0 fully saturated rings. The fourth-order valence-corrected chi connectivity index (χ4v) is 2.36. The number of aryl methyl sites for hydroxylation is 1. The molecule has 1 atom stereocenters. The van der Waals surface area contributed by atoms with Crippen LogP contribution in [0.2, 0.25) is 0 Å². The zero-order chi connectivity index (χ0) is 11.5. The van der Waals surface area contributed by atoms with Crippen molar-refractivity contribution in [3.63, 3.8) is 0 Å². The highest BCUT2D eigenvalue weighted by Crippen LogP contribution is 2.26. The van der Waals surface area contributed by atoms with Crippen LogP contribution in [0.4, 0.5) is 5.69 Å². The number of hydrogen-bond donors (Lipinski definition) is 1. The molecule has 88 valence electrons. The molecule has 0 bridgehead atoms. The van der Waals surface area contributed by atoms with Gasteiger partial charge in [-0.05, 0) is 31.9 Å². The maximum absolute atomic E-state index is 3.50. The highest BCUT2D eigenvalue weighted by molar-refractivity contribution is 5.56. The van der Waals surface area contributed by atoms with Gasteiger partial charge in [-0.1, -0.05) is 24.6 Å². The second-order valence-electron chi connectivity index (χ2n) is 4.76. The third-order valence-electron chi connectivity index (χ3n) is 3.51. The maximum Gasteiger partial charge on any atom is 0.0414 e. The van der Waals surface area contributed by atoms with E-state index in [9.17, 15) is 0 Å². The molecule has 2 heteroatoms. The van der Waals surface area contributed by atoms with Crippen LogP contribution in [0.3, 0.4) is 0 Å². The van der Waals surface area contributed by atoms with Crippen LogP contribution in [0.5, 0.6) is 0 Å². The highest BCUT2D eigenvalue weighted by atomic mass is 15.2. The van der Waals surface area contributed by atoms with E-state index < -0.39 is 0 Å². The summed E-state index contributed by atoms with van der Waals surface area (Å²) in [6, 6.07) is 7.44. The van der Waals surface area contributed by atoms with Crippen LogP contribution in [0.15, 0.2) is 18.2 Å². The first-order valence-electron chi connectivity index (χ1n) is 6.29. The van der Waals surface area contributed by atoms with Gasteiger partial charge in [0.05, 0.1) is 0 Å². The van der Waals surface area contributed by atoms with Crippen molar-refractivity contribution in [2.75, 3.05) is 18.0 Å². The van der Waals surface area contributed by atoms with E-state index in [1.807, 2.05) is 0 Å². The minimum atomic E-state index is 0.626. The lowest BCUT2D eigenvalue weighted by molar-refractivity contribution is 0.602. The summed E-state index contributed by atoms with van der Waals surface area (Å²) < 4.78 is 0. The fraction of sp³-hybridized carbons (Fsp3) is 0.571. The Labute approximate surface area is 98.7 Å². The minimum Gasteiger partial charge on any atom is -0.367 e. The van der Waals surface area contributed by atoms with Gasteiger partial charge in [-0.25, -0.2) is 0 Å². The third-order valence-corrected chi connectivity index (χ3v) is 3.51. The van der Waals surface area contributed by atoms with Crippen LogP contribution in [0.1, 0.15) is 31.4 Å². The first-order valence-corrected chi connectivity index (χ1v) is 6.29. The third kappa shape index (κ3) is 2.22. The van der Waals surface area contributed by atoms with Gasteiger partial charge in [-0.2, -0.15) is 0 Å². The first-order chi connectivity index (χ1) is 7.72. The van der Waals surface area contributed by atoms with Crippen molar-refractivity contribution in [1.29, 1.82) is 0 Å². The van der Waals surface area contributed by atoms with Gasteiger partial charge in [0.25, 0.3) is 0 Å². The Hall–Kier alpha value is -1.02. The monoisotopic (exact) mass is 218 g/mol. The van der Waals surface area contributed by atoms with Crippen LogP contribution < -0.4 is 10.2 Å². The maximum atomic E-state index is 3.50. The van der Waals surface area contributed by atoms with Crippen molar-refractivity contribution in [2.24, 2.45) is 0 Å². The van der Waals surface area contributed by atoms with Gasteiger partial charge in [-0.3, -0.25) is 0 Å². The van der Waals surface area contributed by atoms with E-state index in [4.69, 9.17) is 0 Å². The molecule has 1 aromatic rings. The van der Waals surface area contributed by atoms with Crippen molar-refractivity contribution in [3.05, 3.63) is 29.3 Å². The van der Waals surface area contributed by atoms with Crippen molar-refractivity contribution in [1.82, 2.24) is 5.32 Å². The summed E-state index contributed by atoms with van der Waals surface area (Å²) >= 11 is 0. The Kier molecular flexibility index (Phi) is 3.49. The molecule has 0 saturated heterocycles. The molecule has 1 unspecified atom stereocenters. The molecule has 0 spiro atoms. The number of anilines is 1. The van der Waals surface area contributed by atoms with E-state index in [1.54, 1.807) is 0 Å². The summed E-state index contributed by atoms with van der Waals surface area (Å²) in [4.78, 5) is 2.54. The van der Waals surface area contributed by atoms with Gasteiger partial charge >= 0.3 is 0 Å². The van der Waals surface area contributed by atoms with Crippen LogP contribution in [-0.2, 0) is 6.54 Å². The Bertz CT molecular complexity index is 360. The number of fused-ring (bicyclic) bond motifs is 1. The molecule has 0 aliphatic carbocycles. The quantitative estimate of drug-likeness (QED) is 0.821. The number of rotatable bonds is 2. The molecule has 1 aromatic carbocycles. The second kappa shape index (κ2) is 4.88. The lowest BCUT2D eigenvalue weighted by atomic mass is 10.1. The fourth-order valence-electron chi connectivity index (χ4n) is 2.36. The molecule has 16 heavy (non-hydrogen) atoms. The number of nitrogens with one attached hydrogen (secondary N) is 1. The number of hydrogen-bond acceptors (Lipinski definition) is 2. The predicted octanol–water partition coefficient (Wildman–Crippen LogP) is 2.70. The SMILES string of the molecule is CCC(C)N1CCNCc2cc(C)ccc21. The smallest absolute Gasteiger partial charge is 0.0414 e. The van der Waals surface area contributed by atoms with Crippen molar-refractivity contribution < 1.29 is 0 Å². The van der Waals surface area contributed by atoms with Crippen LogP contribution in [0, 0.1) is 6.92 Å². The summed E-state index contributed by atoms with van der Waals surface area (Å²) in [6.07, 6.45) is 1.20. The Morgan fingerprint density at radius 2 is 2.25 bits per heavy atom. The van der Waals surface area contributed by atoms with Crippen LogP contribution in [0.25, 0.3) is 0 Å². The average Bonchev–Trinajstić information content (AvgIpc) is 2.49. The van der Waals surface area contributed by atoms with Crippen molar-refractivity contribution in [3.8, 4) is 0 Å². The number of nitrogens with zero attached hydrogens (tertiary/aromatic N) is 1. The van der Waals surface area contributed by atoms with E-state index in [0.717, 1.165) is 19.6 Å². The predicted molar refractivity (Wildman–Crippen MR) is 70.0 cm³/mol. The molecule has 1 heterocycles. The standard InChI is InChI=1S/C14H22N2/c1-4-12(3)16-8-7-15-10-13-9-11(2)5-6-14(13)16/h5-6,9,12,15H,4,7-8,10H2,1-3H3. The zero-order valence-electron chi connectivity index (χ0n) is 10.6. The first kappa shape index (κ1) is 11.5. The summed E-state index contributed by atoms with van der Waals surface area (Å²) in [5.41, 5.74) is 4.22. The van der Waals surface area contributed by atoms with Gasteiger partial charge in [-0.15, -0.1) is 0 Å². The molecular weight excluding hydrogens is 196 g/mol. The van der Waals surface area contributed by atoms with Crippen LogP contribution in [-0.4, -0.2) is 19.1 Å². The molecule has 1 aliphatic rings. The van der Waals surface area contributed by atoms with Crippen molar-refractivity contribution in [2.45, 2.75) is 39.8 Å². The summed E-state index contributed by atoms with van der Waals surface area (Å²) in [6.45, 7) is 9.94. The molecule has 2 nitrogen and oxygen atoms in total. The van der Waals surface area contributed by atoms with Gasteiger partial charge in [0, 0.05) is 31.4 Å². The Morgan fingerprint density at radius 3 is 3.00 bits per heavy atom. The van der Waals surface area contributed by atoms with Crippen molar-refractivity contribution >= 4 is 5.69 Å². The van der Waals surface area contributed by atoms with E-state index in [1.165, 1.54) is 23.2 Å².